The average molecular weight is 541 g/mol. The molecule has 6 heteroatoms. The van der Waals surface area contributed by atoms with Gasteiger partial charge in [0, 0.05) is 12.3 Å². The molecule has 1 aliphatic rings. The van der Waals surface area contributed by atoms with Gasteiger partial charge in [0.2, 0.25) is 0 Å². The third-order valence-corrected chi connectivity index (χ3v) is 6.19. The number of allylic oxidation sites excluding steroid dienone is 8. The van der Waals surface area contributed by atoms with Gasteiger partial charge in [-0.2, -0.15) is 0 Å². The van der Waals surface area contributed by atoms with E-state index in [2.05, 4.69) is 13.2 Å². The predicted molar refractivity (Wildman–Crippen MR) is 159 cm³/mol. The molecule has 0 aromatic rings. The van der Waals surface area contributed by atoms with E-state index in [0.29, 0.717) is 32.1 Å². The fraction of sp³-hybridized carbons (Fsp3) is 0.485. The average Bonchev–Trinajstić information content (AvgIpc) is 2.86. The molecule has 0 aromatic carbocycles. The van der Waals surface area contributed by atoms with E-state index >= 15 is 0 Å². The fourth-order valence-electron chi connectivity index (χ4n) is 3.90. The Morgan fingerprint density at radius 3 is 2.56 bits per heavy atom. The lowest BCUT2D eigenvalue weighted by atomic mass is 10.0. The van der Waals surface area contributed by atoms with Crippen LogP contribution in [0.4, 0.5) is 0 Å². The van der Waals surface area contributed by atoms with Gasteiger partial charge < -0.3 is 25.2 Å². The molecule has 0 spiro atoms. The van der Waals surface area contributed by atoms with Gasteiger partial charge in [0.15, 0.2) is 0 Å². The molecule has 0 bridgehead atoms. The molecule has 0 aromatic heterocycles. The van der Waals surface area contributed by atoms with Crippen LogP contribution < -0.4 is 0 Å². The van der Waals surface area contributed by atoms with E-state index in [1.807, 2.05) is 62.5 Å². The summed E-state index contributed by atoms with van der Waals surface area (Å²) in [4.78, 5) is 12.7. The second-order valence-corrected chi connectivity index (χ2v) is 10.2. The lowest BCUT2D eigenvalue weighted by molar-refractivity contribution is -0.150. The minimum atomic E-state index is -1.07. The number of esters is 1. The number of hydrogen-bond acceptors (Lipinski definition) is 6. The fourth-order valence-corrected chi connectivity index (χ4v) is 3.90. The Morgan fingerprint density at radius 1 is 1.05 bits per heavy atom. The molecule has 1 aliphatic heterocycles. The molecule has 1 heterocycles. The molecular formula is C33H48O6. The molecule has 39 heavy (non-hydrogen) atoms. The zero-order valence-electron chi connectivity index (χ0n) is 23.6. The van der Waals surface area contributed by atoms with E-state index in [4.69, 9.17) is 4.74 Å². The summed E-state index contributed by atoms with van der Waals surface area (Å²) in [5.74, 6) is -0.811. The lowest BCUT2D eigenvalue weighted by Gasteiger charge is -2.21. The van der Waals surface area contributed by atoms with Gasteiger partial charge in [0.25, 0.3) is 0 Å². The molecule has 6 nitrogen and oxygen atoms in total. The van der Waals surface area contributed by atoms with Crippen LogP contribution >= 0.6 is 0 Å². The summed E-state index contributed by atoms with van der Waals surface area (Å²) in [7, 11) is 0. The van der Waals surface area contributed by atoms with Crippen LogP contribution in [0.25, 0.3) is 0 Å². The van der Waals surface area contributed by atoms with Crippen LogP contribution in [0.15, 0.2) is 97.2 Å². The quantitative estimate of drug-likeness (QED) is 0.206. The van der Waals surface area contributed by atoms with Crippen molar-refractivity contribution in [2.45, 2.75) is 95.7 Å². The van der Waals surface area contributed by atoms with Gasteiger partial charge in [-0.15, -0.1) is 6.58 Å². The molecule has 0 amide bonds. The van der Waals surface area contributed by atoms with Crippen LogP contribution in [0.3, 0.4) is 0 Å². The molecule has 6 unspecified atom stereocenters. The topological polar surface area (TPSA) is 107 Å². The van der Waals surface area contributed by atoms with Crippen molar-refractivity contribution < 1.29 is 30.0 Å². The summed E-state index contributed by atoms with van der Waals surface area (Å²) in [5.41, 5.74) is 1.81. The lowest BCUT2D eigenvalue weighted by Crippen LogP contribution is -2.26. The maximum atomic E-state index is 12.7. The first-order chi connectivity index (χ1) is 18.6. The molecule has 216 valence electrons. The first-order valence-electron chi connectivity index (χ1n) is 13.8. The minimum Gasteiger partial charge on any atom is -0.457 e. The smallest absolute Gasteiger partial charge is 0.309 e. The maximum Gasteiger partial charge on any atom is 0.309 e. The van der Waals surface area contributed by atoms with Crippen molar-refractivity contribution in [3.05, 3.63) is 97.2 Å². The second kappa shape index (κ2) is 20.2. The Kier molecular flexibility index (Phi) is 17.7. The Labute approximate surface area is 234 Å². The Hall–Kier alpha value is -2.77. The van der Waals surface area contributed by atoms with E-state index < -0.39 is 36.5 Å². The van der Waals surface area contributed by atoms with Gasteiger partial charge in [-0.05, 0) is 51.5 Å². The van der Waals surface area contributed by atoms with Gasteiger partial charge in [0.05, 0.1) is 30.8 Å². The first kappa shape index (κ1) is 34.3. The van der Waals surface area contributed by atoms with E-state index in [1.54, 1.807) is 24.3 Å². The molecule has 0 radical (unpaired) electrons. The summed E-state index contributed by atoms with van der Waals surface area (Å²) < 4.78 is 5.71. The zero-order chi connectivity index (χ0) is 29.0. The van der Waals surface area contributed by atoms with E-state index in [0.717, 1.165) is 17.6 Å². The number of aliphatic hydroxyl groups is 4. The maximum absolute atomic E-state index is 12.7. The Balaban J connectivity index is 3.05. The Bertz CT molecular complexity index is 922. The van der Waals surface area contributed by atoms with Crippen LogP contribution in [0.2, 0.25) is 0 Å². The van der Waals surface area contributed by atoms with Gasteiger partial charge in [-0.25, -0.2) is 0 Å². The third kappa shape index (κ3) is 17.4. The number of cyclic esters (lactones) is 1. The molecule has 0 aliphatic carbocycles. The van der Waals surface area contributed by atoms with E-state index in [9.17, 15) is 25.2 Å². The third-order valence-electron chi connectivity index (χ3n) is 6.19. The van der Waals surface area contributed by atoms with Crippen molar-refractivity contribution in [1.29, 1.82) is 0 Å². The number of carbonyl (C=O) groups is 1. The number of aliphatic hydroxyl groups excluding tert-OH is 4. The van der Waals surface area contributed by atoms with Gasteiger partial charge in [-0.1, -0.05) is 91.5 Å². The summed E-state index contributed by atoms with van der Waals surface area (Å²) >= 11 is 0. The molecule has 6 atom stereocenters. The number of ether oxygens (including phenoxy) is 1. The summed E-state index contributed by atoms with van der Waals surface area (Å²) in [6.07, 6.45) is 21.4. The van der Waals surface area contributed by atoms with Crippen molar-refractivity contribution in [3.63, 3.8) is 0 Å². The van der Waals surface area contributed by atoms with Gasteiger partial charge in [-0.3, -0.25) is 4.79 Å². The van der Waals surface area contributed by atoms with Gasteiger partial charge >= 0.3 is 5.97 Å². The highest BCUT2D eigenvalue weighted by Crippen LogP contribution is 2.17. The molecule has 0 saturated carbocycles. The summed E-state index contributed by atoms with van der Waals surface area (Å²) in [5, 5.41) is 41.2. The van der Waals surface area contributed by atoms with Crippen molar-refractivity contribution in [2.75, 3.05) is 0 Å². The standard InChI is InChI=1S/C33H48O6/c1-5-6-7-9-13-25(2)18-21-32-27(4)19-20-28(34)15-10-8-11-16-29(35)22-26(3)14-12-17-30(36)23-31(37)24-33(38)39-32/h5,7-10,12-13,17-21,27-32,34-37H,1,3,6,11,14-16,22-24H2,2,4H3/b9-7-,10-8?,17-12?,20-19?,21-18+,25-13-. The van der Waals surface area contributed by atoms with Crippen LogP contribution in [0.1, 0.15) is 65.2 Å². The van der Waals surface area contributed by atoms with E-state index in [-0.39, 0.29) is 18.8 Å². The second-order valence-electron chi connectivity index (χ2n) is 10.2. The van der Waals surface area contributed by atoms with E-state index in [1.165, 1.54) is 0 Å². The van der Waals surface area contributed by atoms with Gasteiger partial charge in [0.1, 0.15) is 6.10 Å². The molecule has 0 saturated heterocycles. The first-order valence-corrected chi connectivity index (χ1v) is 13.8. The normalized spacial score (nSPS) is 29.7. The Morgan fingerprint density at radius 2 is 1.82 bits per heavy atom. The summed E-state index contributed by atoms with van der Waals surface area (Å²) in [6, 6.07) is 0. The highest BCUT2D eigenvalue weighted by molar-refractivity contribution is 5.70. The monoisotopic (exact) mass is 540 g/mol. The number of hydrogen-bond donors (Lipinski definition) is 4. The van der Waals surface area contributed by atoms with Crippen molar-refractivity contribution in [3.8, 4) is 0 Å². The predicted octanol–water partition coefficient (Wildman–Crippen LogP) is 5.58. The molecule has 1 rings (SSSR count). The highest BCUT2D eigenvalue weighted by Gasteiger charge is 2.21. The van der Waals surface area contributed by atoms with Crippen LogP contribution in [0, 0.1) is 5.92 Å². The summed E-state index contributed by atoms with van der Waals surface area (Å²) in [6.45, 7) is 11.5. The molecular weight excluding hydrogens is 492 g/mol. The largest absolute Gasteiger partial charge is 0.457 e. The zero-order valence-corrected chi connectivity index (χ0v) is 23.6. The molecule has 0 fully saturated rings. The van der Waals surface area contributed by atoms with Crippen molar-refractivity contribution in [2.24, 2.45) is 5.92 Å². The van der Waals surface area contributed by atoms with Crippen LogP contribution in [0.5, 0.6) is 0 Å². The molecule has 4 N–H and O–H groups in total. The van der Waals surface area contributed by atoms with Crippen LogP contribution in [-0.4, -0.2) is 56.9 Å². The minimum absolute atomic E-state index is 0.00587. The highest BCUT2D eigenvalue weighted by atomic mass is 16.5. The number of carbonyl (C=O) groups excluding carboxylic acids is 1. The SMILES string of the molecule is C=CC\C=C/C=C(C)\C=C\C1OC(=O)CC(O)CC(O)C=CCC(=C)CC(O)CCC=CCC(O)C=CC1C. The van der Waals surface area contributed by atoms with Crippen molar-refractivity contribution in [1.82, 2.24) is 0 Å². The van der Waals surface area contributed by atoms with Crippen molar-refractivity contribution >= 4 is 5.97 Å². The number of rotatable bonds is 5. The van der Waals surface area contributed by atoms with Crippen LogP contribution in [-0.2, 0) is 9.53 Å².